The average Bonchev–Trinajstić information content (AvgIpc) is 2.84. The summed E-state index contributed by atoms with van der Waals surface area (Å²) in [6, 6.07) is 0. The van der Waals surface area contributed by atoms with Gasteiger partial charge >= 0.3 is 0 Å². The molecule has 0 amide bonds. The van der Waals surface area contributed by atoms with Crippen molar-refractivity contribution in [2.75, 3.05) is 0 Å². The first-order valence-corrected chi connectivity index (χ1v) is 3.75. The van der Waals surface area contributed by atoms with Gasteiger partial charge in [-0.25, -0.2) is 4.98 Å². The molecule has 0 spiro atoms. The zero-order chi connectivity index (χ0) is 8.93. The number of aromatic nitrogens is 2. The van der Waals surface area contributed by atoms with Crippen LogP contribution >= 0.6 is 0 Å². The maximum absolute atomic E-state index is 3.95. The number of H-pyrrole nitrogens is 1. The molecule has 0 saturated carbocycles. The van der Waals surface area contributed by atoms with Crippen molar-refractivity contribution in [2.24, 2.45) is 15.2 Å². The van der Waals surface area contributed by atoms with E-state index in [1.54, 1.807) is 31.1 Å². The molecule has 1 aromatic heterocycles. The van der Waals surface area contributed by atoms with Crippen LogP contribution in [0.5, 0.6) is 0 Å². The van der Waals surface area contributed by atoms with Crippen LogP contribution in [0.15, 0.2) is 57.6 Å². The number of nitrogens with one attached hydrogen (secondary N) is 1. The van der Waals surface area contributed by atoms with E-state index in [1.807, 2.05) is 6.08 Å². The normalized spacial score (nSPS) is 16.0. The van der Waals surface area contributed by atoms with Gasteiger partial charge in [-0.05, 0) is 6.08 Å². The van der Waals surface area contributed by atoms with Gasteiger partial charge in [-0.3, -0.25) is 4.99 Å². The highest BCUT2D eigenvalue weighted by atomic mass is 15.2. The maximum atomic E-state index is 3.95. The lowest BCUT2D eigenvalue weighted by atomic mass is 10.4. The number of hydrogen-bond acceptors (Lipinski definition) is 4. The van der Waals surface area contributed by atoms with E-state index in [0.29, 0.717) is 0 Å². The smallest absolute Gasteiger partial charge is 0.114 e. The summed E-state index contributed by atoms with van der Waals surface area (Å²) in [4.78, 5) is 10.4. The van der Waals surface area contributed by atoms with Gasteiger partial charge in [-0.1, -0.05) is 0 Å². The number of aliphatic imine (C=N–C) groups is 1. The van der Waals surface area contributed by atoms with Gasteiger partial charge in [0.25, 0.3) is 0 Å². The third-order valence-electron chi connectivity index (χ3n) is 1.46. The van der Waals surface area contributed by atoms with E-state index in [-0.39, 0.29) is 0 Å². The SMILES string of the molecule is C1=NC2=CN=NC2=C1.c1c[nH]cn1. The molecular formula is C8H7N5. The Morgan fingerprint density at radius 1 is 1.23 bits per heavy atom. The van der Waals surface area contributed by atoms with Gasteiger partial charge in [-0.15, -0.1) is 5.11 Å². The number of azo groups is 1. The molecule has 0 fully saturated rings. The second-order valence-electron chi connectivity index (χ2n) is 2.32. The fourth-order valence-corrected chi connectivity index (χ4v) is 0.885. The van der Waals surface area contributed by atoms with Crippen LogP contribution < -0.4 is 0 Å². The summed E-state index contributed by atoms with van der Waals surface area (Å²) in [6.45, 7) is 0. The molecule has 0 aromatic carbocycles. The number of rotatable bonds is 0. The van der Waals surface area contributed by atoms with E-state index in [4.69, 9.17) is 0 Å². The van der Waals surface area contributed by atoms with Crippen molar-refractivity contribution < 1.29 is 0 Å². The van der Waals surface area contributed by atoms with E-state index >= 15 is 0 Å². The molecule has 1 aromatic rings. The molecule has 3 heterocycles. The molecule has 5 heteroatoms. The Balaban J connectivity index is 0.000000113. The van der Waals surface area contributed by atoms with Crippen LogP contribution in [0.4, 0.5) is 0 Å². The number of fused-ring (bicyclic) bond motifs is 1. The Hall–Kier alpha value is -2.04. The molecule has 0 bridgehead atoms. The zero-order valence-corrected chi connectivity index (χ0v) is 6.75. The minimum Gasteiger partial charge on any atom is -0.351 e. The Morgan fingerprint density at radius 3 is 2.85 bits per heavy atom. The summed E-state index contributed by atoms with van der Waals surface area (Å²) in [5, 5.41) is 7.42. The van der Waals surface area contributed by atoms with Crippen molar-refractivity contribution >= 4 is 6.21 Å². The molecule has 0 atom stereocenters. The summed E-state index contributed by atoms with van der Waals surface area (Å²) in [7, 11) is 0. The van der Waals surface area contributed by atoms with Gasteiger partial charge in [0, 0.05) is 18.6 Å². The van der Waals surface area contributed by atoms with Crippen LogP contribution in [-0.4, -0.2) is 16.2 Å². The zero-order valence-electron chi connectivity index (χ0n) is 6.75. The fraction of sp³-hybridized carbons (Fsp3) is 0. The number of imidazole rings is 1. The molecule has 0 unspecified atom stereocenters. The van der Waals surface area contributed by atoms with Gasteiger partial charge in [0.15, 0.2) is 0 Å². The van der Waals surface area contributed by atoms with Gasteiger partial charge in [0.05, 0.1) is 12.5 Å². The third-order valence-corrected chi connectivity index (χ3v) is 1.46. The first kappa shape index (κ1) is 7.60. The largest absolute Gasteiger partial charge is 0.351 e. The maximum Gasteiger partial charge on any atom is 0.114 e. The number of nitrogens with zero attached hydrogens (tertiary/aromatic N) is 4. The quantitative estimate of drug-likeness (QED) is 0.637. The van der Waals surface area contributed by atoms with E-state index < -0.39 is 0 Å². The Labute approximate surface area is 74.6 Å². The summed E-state index contributed by atoms with van der Waals surface area (Å²) >= 11 is 0. The molecule has 5 nitrogen and oxygen atoms in total. The minimum absolute atomic E-state index is 0.880. The monoisotopic (exact) mass is 173 g/mol. The highest BCUT2D eigenvalue weighted by Gasteiger charge is 2.09. The number of allylic oxidation sites excluding steroid dienone is 1. The molecule has 0 radical (unpaired) electrons. The first-order valence-electron chi connectivity index (χ1n) is 3.75. The van der Waals surface area contributed by atoms with Crippen molar-refractivity contribution in [3.63, 3.8) is 0 Å². The Morgan fingerprint density at radius 2 is 2.23 bits per heavy atom. The molecule has 64 valence electrons. The predicted octanol–water partition coefficient (Wildman–Crippen LogP) is 1.67. The lowest BCUT2D eigenvalue weighted by Crippen LogP contribution is -1.66. The number of aromatic amines is 1. The average molecular weight is 173 g/mol. The van der Waals surface area contributed by atoms with E-state index in [1.165, 1.54) is 0 Å². The van der Waals surface area contributed by atoms with Gasteiger partial charge in [0.2, 0.25) is 0 Å². The van der Waals surface area contributed by atoms with Gasteiger partial charge in [-0.2, -0.15) is 5.11 Å². The lowest BCUT2D eigenvalue weighted by molar-refractivity contribution is 1.23. The van der Waals surface area contributed by atoms with Gasteiger partial charge < -0.3 is 4.98 Å². The Bertz CT molecular complexity index is 339. The predicted molar refractivity (Wildman–Crippen MR) is 48.1 cm³/mol. The van der Waals surface area contributed by atoms with Crippen LogP contribution in [0.1, 0.15) is 0 Å². The van der Waals surface area contributed by atoms with Crippen molar-refractivity contribution in [3.8, 4) is 0 Å². The topological polar surface area (TPSA) is 65.8 Å². The first-order chi connectivity index (χ1) is 6.47. The molecule has 0 saturated heterocycles. The minimum atomic E-state index is 0.880. The van der Waals surface area contributed by atoms with Crippen LogP contribution in [-0.2, 0) is 0 Å². The molecule has 0 aliphatic carbocycles. The van der Waals surface area contributed by atoms with Crippen molar-refractivity contribution in [2.45, 2.75) is 0 Å². The summed E-state index contributed by atoms with van der Waals surface area (Å²) in [5.41, 5.74) is 1.76. The molecule has 2 aliphatic rings. The van der Waals surface area contributed by atoms with E-state index in [9.17, 15) is 0 Å². The molecular weight excluding hydrogens is 166 g/mol. The van der Waals surface area contributed by atoms with Crippen LogP contribution in [0.3, 0.4) is 0 Å². The summed E-state index contributed by atoms with van der Waals surface area (Å²) in [5.74, 6) is 0. The van der Waals surface area contributed by atoms with E-state index in [2.05, 4.69) is 25.2 Å². The van der Waals surface area contributed by atoms with Crippen LogP contribution in [0.25, 0.3) is 0 Å². The van der Waals surface area contributed by atoms with Crippen LogP contribution in [0.2, 0.25) is 0 Å². The van der Waals surface area contributed by atoms with Crippen molar-refractivity contribution in [1.29, 1.82) is 0 Å². The third kappa shape index (κ3) is 1.76. The van der Waals surface area contributed by atoms with Crippen molar-refractivity contribution in [3.05, 3.63) is 42.4 Å². The second-order valence-corrected chi connectivity index (χ2v) is 2.32. The highest BCUT2D eigenvalue weighted by molar-refractivity contribution is 5.79. The highest BCUT2D eigenvalue weighted by Crippen LogP contribution is 2.22. The summed E-state index contributed by atoms with van der Waals surface area (Å²) in [6.07, 6.45) is 10.3. The molecule has 13 heavy (non-hydrogen) atoms. The molecule has 2 aliphatic heterocycles. The standard InChI is InChI=1S/C5H3N3.C3H4N2/c1-2-6-5-3-7-8-4(1)5;1-2-5-3-4-1/h1-3H;1-3H,(H,4,5). The molecule has 3 rings (SSSR count). The van der Waals surface area contributed by atoms with Crippen LogP contribution in [0, 0.1) is 0 Å². The molecule has 1 N–H and O–H groups in total. The Kier molecular flexibility index (Phi) is 2.09. The fourth-order valence-electron chi connectivity index (χ4n) is 0.885. The van der Waals surface area contributed by atoms with E-state index in [0.717, 1.165) is 11.4 Å². The van der Waals surface area contributed by atoms with Gasteiger partial charge in [0.1, 0.15) is 11.4 Å². The van der Waals surface area contributed by atoms with Crippen molar-refractivity contribution in [1.82, 2.24) is 9.97 Å². The summed E-state index contributed by atoms with van der Waals surface area (Å²) < 4.78 is 0. The number of hydrogen-bond donors (Lipinski definition) is 1. The lowest BCUT2D eigenvalue weighted by Gasteiger charge is -1.79. The second kappa shape index (κ2) is 3.57.